The Balaban J connectivity index is 2.90. The number of anilines is 1. The fourth-order valence-electron chi connectivity index (χ4n) is 1.19. The lowest BCUT2D eigenvalue weighted by molar-refractivity contribution is -0.115. The van der Waals surface area contributed by atoms with E-state index < -0.39 is 12.5 Å². The summed E-state index contributed by atoms with van der Waals surface area (Å²) in [6.07, 6.45) is -0.345. The lowest BCUT2D eigenvalue weighted by Crippen LogP contribution is -2.12. The molecule has 0 fully saturated rings. The number of nitriles is 1. The number of carbonyl (C=O) groups is 1. The largest absolute Gasteiger partial charge is 0.433 e. The van der Waals surface area contributed by atoms with Gasteiger partial charge in [-0.05, 0) is 24.6 Å². The Hall–Kier alpha value is -2.16. The molecule has 0 aromatic heterocycles. The van der Waals surface area contributed by atoms with Gasteiger partial charge in [0.1, 0.15) is 12.2 Å². The Kier molecular flexibility index (Phi) is 4.40. The van der Waals surface area contributed by atoms with E-state index in [4.69, 9.17) is 5.26 Å². The first-order chi connectivity index (χ1) is 8.02. The Labute approximate surface area is 96.8 Å². The van der Waals surface area contributed by atoms with Crippen LogP contribution in [0.5, 0.6) is 5.75 Å². The lowest BCUT2D eigenvalue weighted by Gasteiger charge is -2.11. The SMILES string of the molecule is Cc1ccc(NC(=O)CC#N)c(OC(F)F)c1. The zero-order valence-corrected chi connectivity index (χ0v) is 9.04. The smallest absolute Gasteiger partial charge is 0.387 e. The van der Waals surface area contributed by atoms with Crippen molar-refractivity contribution in [2.45, 2.75) is 20.0 Å². The average Bonchev–Trinajstić information content (AvgIpc) is 2.21. The van der Waals surface area contributed by atoms with Crippen LogP contribution in [0.25, 0.3) is 0 Å². The van der Waals surface area contributed by atoms with E-state index in [0.717, 1.165) is 5.56 Å². The van der Waals surface area contributed by atoms with E-state index in [2.05, 4.69) is 10.1 Å². The number of hydrogen-bond acceptors (Lipinski definition) is 3. The van der Waals surface area contributed by atoms with Gasteiger partial charge in [0.2, 0.25) is 5.91 Å². The quantitative estimate of drug-likeness (QED) is 0.879. The van der Waals surface area contributed by atoms with Crippen molar-refractivity contribution in [3.05, 3.63) is 23.8 Å². The molecule has 4 nitrogen and oxygen atoms in total. The second-order valence-corrected chi connectivity index (χ2v) is 3.26. The van der Waals surface area contributed by atoms with Crippen LogP contribution < -0.4 is 10.1 Å². The van der Waals surface area contributed by atoms with Crippen molar-refractivity contribution in [2.75, 3.05) is 5.32 Å². The van der Waals surface area contributed by atoms with Crippen molar-refractivity contribution in [1.29, 1.82) is 5.26 Å². The molecule has 0 unspecified atom stereocenters. The molecule has 1 amide bonds. The number of halogens is 2. The first kappa shape index (κ1) is 12.9. The summed E-state index contributed by atoms with van der Waals surface area (Å²) in [5.74, 6) is -0.693. The van der Waals surface area contributed by atoms with Gasteiger partial charge in [-0.1, -0.05) is 6.07 Å². The monoisotopic (exact) mass is 240 g/mol. The van der Waals surface area contributed by atoms with Gasteiger partial charge in [-0.3, -0.25) is 4.79 Å². The van der Waals surface area contributed by atoms with Gasteiger partial charge >= 0.3 is 6.61 Å². The molecule has 0 atom stereocenters. The predicted molar refractivity (Wildman–Crippen MR) is 56.7 cm³/mol. The minimum atomic E-state index is -2.97. The molecule has 1 aromatic carbocycles. The molecule has 0 aliphatic carbocycles. The fourth-order valence-corrected chi connectivity index (χ4v) is 1.19. The number of amides is 1. The third-order valence-electron chi connectivity index (χ3n) is 1.87. The lowest BCUT2D eigenvalue weighted by atomic mass is 10.2. The number of nitrogens with one attached hydrogen (secondary N) is 1. The molecular weight excluding hydrogens is 230 g/mol. The standard InChI is InChI=1S/C11H10F2N2O2/c1-7-2-3-8(15-10(16)4-5-14)9(6-7)17-11(12)13/h2-3,6,11H,4H2,1H3,(H,15,16). The van der Waals surface area contributed by atoms with Crippen LogP contribution in [0.4, 0.5) is 14.5 Å². The van der Waals surface area contributed by atoms with E-state index in [1.807, 2.05) is 0 Å². The van der Waals surface area contributed by atoms with Crippen molar-refractivity contribution in [2.24, 2.45) is 0 Å². The molecule has 0 radical (unpaired) electrons. The molecule has 0 aliphatic rings. The Morgan fingerprint density at radius 1 is 1.59 bits per heavy atom. The molecule has 0 saturated carbocycles. The third kappa shape index (κ3) is 4.07. The zero-order valence-electron chi connectivity index (χ0n) is 9.04. The van der Waals surface area contributed by atoms with E-state index in [-0.39, 0.29) is 17.9 Å². The third-order valence-corrected chi connectivity index (χ3v) is 1.87. The predicted octanol–water partition coefficient (Wildman–Crippen LogP) is 2.45. The maximum absolute atomic E-state index is 12.1. The van der Waals surface area contributed by atoms with Gasteiger partial charge in [-0.15, -0.1) is 0 Å². The van der Waals surface area contributed by atoms with Crippen LogP contribution in [-0.2, 0) is 4.79 Å². The van der Waals surface area contributed by atoms with E-state index in [9.17, 15) is 13.6 Å². The minimum Gasteiger partial charge on any atom is -0.433 e. The molecule has 1 N–H and O–H groups in total. The summed E-state index contributed by atoms with van der Waals surface area (Å²) in [7, 11) is 0. The van der Waals surface area contributed by atoms with Gasteiger partial charge in [0, 0.05) is 0 Å². The molecule has 6 heteroatoms. The average molecular weight is 240 g/mol. The Morgan fingerprint density at radius 2 is 2.29 bits per heavy atom. The number of aryl methyl sites for hydroxylation is 1. The summed E-state index contributed by atoms with van der Waals surface area (Å²) in [5.41, 5.74) is 0.843. The molecule has 0 heterocycles. The summed E-state index contributed by atoms with van der Waals surface area (Å²) < 4.78 is 28.5. The first-order valence-electron chi connectivity index (χ1n) is 4.75. The van der Waals surface area contributed by atoms with Crippen molar-refractivity contribution in [3.8, 4) is 11.8 Å². The van der Waals surface area contributed by atoms with E-state index >= 15 is 0 Å². The zero-order chi connectivity index (χ0) is 12.8. The fraction of sp³-hybridized carbons (Fsp3) is 0.273. The van der Waals surface area contributed by atoms with Crippen molar-refractivity contribution >= 4 is 11.6 Å². The van der Waals surface area contributed by atoms with Crippen LogP contribution in [0.3, 0.4) is 0 Å². The van der Waals surface area contributed by atoms with Gasteiger partial charge in [-0.25, -0.2) is 0 Å². The maximum atomic E-state index is 12.1. The van der Waals surface area contributed by atoms with E-state index in [0.29, 0.717) is 0 Å². The van der Waals surface area contributed by atoms with Gasteiger partial charge in [-0.2, -0.15) is 14.0 Å². The molecule has 17 heavy (non-hydrogen) atoms. The van der Waals surface area contributed by atoms with Gasteiger partial charge in [0.05, 0.1) is 11.8 Å². The molecule has 1 rings (SSSR count). The summed E-state index contributed by atoms with van der Waals surface area (Å²) in [5, 5.41) is 10.6. The van der Waals surface area contributed by atoms with Crippen LogP contribution in [0.15, 0.2) is 18.2 Å². The van der Waals surface area contributed by atoms with Crippen LogP contribution in [0.2, 0.25) is 0 Å². The molecule has 0 bridgehead atoms. The van der Waals surface area contributed by atoms with Crippen LogP contribution >= 0.6 is 0 Å². The number of carbonyl (C=O) groups excluding carboxylic acids is 1. The Morgan fingerprint density at radius 3 is 2.88 bits per heavy atom. The number of hydrogen-bond donors (Lipinski definition) is 1. The number of nitrogens with zero attached hydrogens (tertiary/aromatic N) is 1. The highest BCUT2D eigenvalue weighted by Crippen LogP contribution is 2.27. The van der Waals surface area contributed by atoms with Crippen molar-refractivity contribution in [1.82, 2.24) is 0 Å². The number of benzene rings is 1. The molecule has 90 valence electrons. The second-order valence-electron chi connectivity index (χ2n) is 3.26. The maximum Gasteiger partial charge on any atom is 0.387 e. The molecule has 0 spiro atoms. The van der Waals surface area contributed by atoms with E-state index in [1.54, 1.807) is 19.1 Å². The van der Waals surface area contributed by atoms with Crippen molar-refractivity contribution in [3.63, 3.8) is 0 Å². The first-order valence-corrected chi connectivity index (χ1v) is 4.75. The summed E-state index contributed by atoms with van der Waals surface area (Å²) in [6, 6.07) is 6.13. The van der Waals surface area contributed by atoms with Gasteiger partial charge in [0.15, 0.2) is 0 Å². The highest BCUT2D eigenvalue weighted by molar-refractivity contribution is 5.93. The van der Waals surface area contributed by atoms with E-state index in [1.165, 1.54) is 12.1 Å². The summed E-state index contributed by atoms with van der Waals surface area (Å²) >= 11 is 0. The van der Waals surface area contributed by atoms with Crippen LogP contribution in [-0.4, -0.2) is 12.5 Å². The molecule has 1 aromatic rings. The van der Waals surface area contributed by atoms with Crippen LogP contribution in [0, 0.1) is 18.3 Å². The van der Waals surface area contributed by atoms with Crippen molar-refractivity contribution < 1.29 is 18.3 Å². The molecule has 0 saturated heterocycles. The highest BCUT2D eigenvalue weighted by Gasteiger charge is 2.12. The normalized spacial score (nSPS) is 9.82. The summed E-state index contributed by atoms with van der Waals surface area (Å²) in [6.45, 7) is -1.26. The number of alkyl halides is 2. The molecular formula is C11H10F2N2O2. The number of ether oxygens (including phenoxy) is 1. The second kappa shape index (κ2) is 5.80. The highest BCUT2D eigenvalue weighted by atomic mass is 19.3. The van der Waals surface area contributed by atoms with Gasteiger partial charge in [0.25, 0.3) is 0 Å². The minimum absolute atomic E-state index is 0.119. The summed E-state index contributed by atoms with van der Waals surface area (Å²) in [4.78, 5) is 11.2. The number of rotatable bonds is 4. The Bertz CT molecular complexity index is 455. The topological polar surface area (TPSA) is 62.1 Å². The van der Waals surface area contributed by atoms with Crippen LogP contribution in [0.1, 0.15) is 12.0 Å². The molecule has 0 aliphatic heterocycles. The van der Waals surface area contributed by atoms with Gasteiger partial charge < -0.3 is 10.1 Å².